The summed E-state index contributed by atoms with van der Waals surface area (Å²) < 4.78 is 22.9. The van der Waals surface area contributed by atoms with Gasteiger partial charge in [0.2, 0.25) is 0 Å². The van der Waals surface area contributed by atoms with Crippen LogP contribution in [-0.2, 0) is 9.84 Å². The first-order chi connectivity index (χ1) is 8.89. The normalized spacial score (nSPS) is 13.5. The molecule has 0 heterocycles. The second kappa shape index (κ2) is 7.48. The minimum Gasteiger partial charge on any atom is -0.313 e. The highest BCUT2D eigenvalue weighted by atomic mass is 35.5. The smallest absolute Gasteiger partial charge is 0.150 e. The molecule has 0 aliphatic carbocycles. The first-order valence-electron chi connectivity index (χ1n) is 6.22. The van der Waals surface area contributed by atoms with E-state index in [2.05, 4.69) is 5.32 Å². The van der Waals surface area contributed by atoms with Gasteiger partial charge in [-0.2, -0.15) is 0 Å². The summed E-state index contributed by atoms with van der Waals surface area (Å²) in [6, 6.07) is 5.57. The predicted octanol–water partition coefficient (Wildman–Crippen LogP) is 3.47. The summed E-state index contributed by atoms with van der Waals surface area (Å²) in [6.07, 6.45) is 1.37. The minimum atomic E-state index is -2.90. The lowest BCUT2D eigenvalue weighted by Gasteiger charge is -2.17. The van der Waals surface area contributed by atoms with E-state index >= 15 is 0 Å². The van der Waals surface area contributed by atoms with Gasteiger partial charge in [0.05, 0.1) is 15.8 Å². The first-order valence-corrected chi connectivity index (χ1v) is 8.80. The molecule has 0 aliphatic heterocycles. The number of benzene rings is 1. The second-order valence-corrected chi connectivity index (χ2v) is 7.68. The van der Waals surface area contributed by atoms with Gasteiger partial charge in [0.25, 0.3) is 0 Å². The largest absolute Gasteiger partial charge is 0.313 e. The van der Waals surface area contributed by atoms with Crippen molar-refractivity contribution in [3.05, 3.63) is 33.8 Å². The van der Waals surface area contributed by atoms with Gasteiger partial charge in [-0.15, -0.1) is 0 Å². The van der Waals surface area contributed by atoms with Crippen molar-refractivity contribution in [2.75, 3.05) is 18.6 Å². The van der Waals surface area contributed by atoms with Crippen LogP contribution in [0.1, 0.15) is 31.4 Å². The van der Waals surface area contributed by atoms with Crippen LogP contribution in [0.25, 0.3) is 0 Å². The van der Waals surface area contributed by atoms with Gasteiger partial charge in [-0.25, -0.2) is 8.42 Å². The maximum absolute atomic E-state index is 11.4. The number of nitrogens with one attached hydrogen (secondary N) is 1. The predicted molar refractivity (Wildman–Crippen MR) is 81.8 cm³/mol. The van der Waals surface area contributed by atoms with E-state index in [4.69, 9.17) is 23.2 Å². The van der Waals surface area contributed by atoms with E-state index in [-0.39, 0.29) is 17.5 Å². The van der Waals surface area contributed by atoms with Crippen molar-refractivity contribution >= 4 is 33.0 Å². The molecule has 3 nitrogen and oxygen atoms in total. The lowest BCUT2D eigenvalue weighted by Crippen LogP contribution is -2.18. The van der Waals surface area contributed by atoms with Crippen molar-refractivity contribution in [1.82, 2.24) is 5.32 Å². The minimum absolute atomic E-state index is 0.0850. The second-order valence-electron chi connectivity index (χ2n) is 4.39. The highest BCUT2D eigenvalue weighted by Gasteiger charge is 2.13. The Labute approximate surface area is 125 Å². The van der Waals surface area contributed by atoms with E-state index in [1.54, 1.807) is 13.0 Å². The Hall–Kier alpha value is -0.290. The van der Waals surface area contributed by atoms with Crippen LogP contribution in [0.2, 0.25) is 10.0 Å². The lowest BCUT2D eigenvalue weighted by atomic mass is 10.0. The fourth-order valence-corrected chi connectivity index (χ4v) is 3.06. The van der Waals surface area contributed by atoms with Gasteiger partial charge in [0.1, 0.15) is 9.84 Å². The van der Waals surface area contributed by atoms with Crippen LogP contribution in [0.4, 0.5) is 0 Å². The Bertz CT molecular complexity index is 517. The molecule has 0 radical (unpaired) electrons. The summed E-state index contributed by atoms with van der Waals surface area (Å²) in [4.78, 5) is 0. The average molecular weight is 324 g/mol. The quantitative estimate of drug-likeness (QED) is 0.835. The van der Waals surface area contributed by atoms with Gasteiger partial charge >= 0.3 is 0 Å². The molecule has 0 aromatic heterocycles. The molecule has 1 aromatic carbocycles. The fraction of sp³-hybridized carbons (Fsp3) is 0.538. The van der Waals surface area contributed by atoms with E-state index in [0.717, 1.165) is 12.0 Å². The fourth-order valence-electron chi connectivity index (χ4n) is 1.86. The Balaban J connectivity index is 2.66. The van der Waals surface area contributed by atoms with Crippen molar-refractivity contribution in [3.63, 3.8) is 0 Å². The molecule has 6 heteroatoms. The van der Waals surface area contributed by atoms with Crippen LogP contribution in [0.3, 0.4) is 0 Å². The molecule has 1 aromatic rings. The van der Waals surface area contributed by atoms with Gasteiger partial charge in [0, 0.05) is 11.8 Å². The Morgan fingerprint density at radius 2 is 1.95 bits per heavy atom. The molecule has 1 N–H and O–H groups in total. The number of hydrogen-bond acceptors (Lipinski definition) is 3. The molecule has 0 aliphatic rings. The maximum atomic E-state index is 11.4. The molecule has 0 amide bonds. The number of halogens is 2. The number of sulfone groups is 1. The Kier molecular flexibility index (Phi) is 6.60. The third kappa shape index (κ3) is 5.30. The van der Waals surface area contributed by atoms with Gasteiger partial charge in [-0.3, -0.25) is 0 Å². The molecule has 108 valence electrons. The highest BCUT2D eigenvalue weighted by Crippen LogP contribution is 2.27. The van der Waals surface area contributed by atoms with E-state index in [9.17, 15) is 8.42 Å². The number of rotatable bonds is 7. The monoisotopic (exact) mass is 323 g/mol. The summed E-state index contributed by atoms with van der Waals surface area (Å²) >= 11 is 11.9. The molecule has 1 rings (SSSR count). The maximum Gasteiger partial charge on any atom is 0.150 e. The molecule has 0 spiro atoms. The van der Waals surface area contributed by atoms with Crippen molar-refractivity contribution in [1.29, 1.82) is 0 Å². The van der Waals surface area contributed by atoms with Crippen molar-refractivity contribution in [3.8, 4) is 0 Å². The van der Waals surface area contributed by atoms with Crippen LogP contribution < -0.4 is 5.32 Å². The van der Waals surface area contributed by atoms with Crippen LogP contribution in [0, 0.1) is 0 Å². The van der Waals surface area contributed by atoms with Crippen molar-refractivity contribution in [2.24, 2.45) is 0 Å². The molecule has 0 saturated carbocycles. The summed E-state index contributed by atoms with van der Waals surface area (Å²) in [5, 5.41) is 4.21. The number of hydrogen-bond donors (Lipinski definition) is 1. The van der Waals surface area contributed by atoms with E-state index in [1.807, 2.05) is 19.2 Å². The summed E-state index contributed by atoms with van der Waals surface area (Å²) in [6.45, 7) is 1.67. The topological polar surface area (TPSA) is 46.2 Å². The average Bonchev–Trinajstić information content (AvgIpc) is 2.38. The van der Waals surface area contributed by atoms with Crippen LogP contribution in [0.15, 0.2) is 18.2 Å². The van der Waals surface area contributed by atoms with Crippen LogP contribution in [-0.4, -0.2) is 27.0 Å². The Morgan fingerprint density at radius 3 is 2.47 bits per heavy atom. The molecule has 0 fully saturated rings. The lowest BCUT2D eigenvalue weighted by molar-refractivity contribution is 0.535. The molecule has 0 saturated heterocycles. The van der Waals surface area contributed by atoms with E-state index < -0.39 is 9.84 Å². The molecular weight excluding hydrogens is 305 g/mol. The highest BCUT2D eigenvalue weighted by molar-refractivity contribution is 7.91. The summed E-state index contributed by atoms with van der Waals surface area (Å²) in [5.41, 5.74) is 1.02. The zero-order chi connectivity index (χ0) is 14.5. The van der Waals surface area contributed by atoms with Gasteiger partial charge in [-0.05, 0) is 37.6 Å². The van der Waals surface area contributed by atoms with Crippen LogP contribution >= 0.6 is 23.2 Å². The van der Waals surface area contributed by atoms with Gasteiger partial charge in [-0.1, -0.05) is 36.2 Å². The first kappa shape index (κ1) is 16.8. The summed E-state index contributed by atoms with van der Waals surface area (Å²) in [7, 11) is -1.05. The standard InChI is InChI=1S/C13H19Cl2NO2S/c1-3-19(17,18)8-4-5-13(16-2)10-6-7-11(14)12(15)9-10/h6-7,9,13,16H,3-5,8H2,1-2H3. The SMILES string of the molecule is CCS(=O)(=O)CCCC(NC)c1ccc(Cl)c(Cl)c1. The third-order valence-corrected chi connectivity index (χ3v) is 5.61. The van der Waals surface area contributed by atoms with Crippen LogP contribution in [0.5, 0.6) is 0 Å². The molecule has 1 atom stereocenters. The molecular formula is C13H19Cl2NO2S. The van der Waals surface area contributed by atoms with E-state index in [1.165, 1.54) is 0 Å². The zero-order valence-electron chi connectivity index (χ0n) is 11.1. The Morgan fingerprint density at radius 1 is 1.26 bits per heavy atom. The van der Waals surface area contributed by atoms with Crippen molar-refractivity contribution in [2.45, 2.75) is 25.8 Å². The third-order valence-electron chi connectivity index (χ3n) is 3.08. The zero-order valence-corrected chi connectivity index (χ0v) is 13.4. The van der Waals surface area contributed by atoms with Crippen molar-refractivity contribution < 1.29 is 8.42 Å². The molecule has 1 unspecified atom stereocenters. The molecule has 0 bridgehead atoms. The van der Waals surface area contributed by atoms with Gasteiger partial charge in [0.15, 0.2) is 0 Å². The van der Waals surface area contributed by atoms with Gasteiger partial charge < -0.3 is 5.32 Å². The summed E-state index contributed by atoms with van der Waals surface area (Å²) in [5.74, 6) is 0.424. The molecule has 19 heavy (non-hydrogen) atoms. The van der Waals surface area contributed by atoms with E-state index in [0.29, 0.717) is 16.5 Å².